The van der Waals surface area contributed by atoms with Crippen molar-refractivity contribution >= 4 is 0 Å². The minimum atomic E-state index is 0.785. The summed E-state index contributed by atoms with van der Waals surface area (Å²) in [6.07, 6.45) is 9.50. The summed E-state index contributed by atoms with van der Waals surface area (Å²) in [5.41, 5.74) is 3.33. The van der Waals surface area contributed by atoms with Gasteiger partial charge in [-0.2, -0.15) is 0 Å². The summed E-state index contributed by atoms with van der Waals surface area (Å²) in [6.45, 7) is 5.15. The zero-order chi connectivity index (χ0) is 19.2. The SMILES string of the molecule is CCCCCCOc1ccc(C#CC=CC#Cc2ccc(CC)cc2)cc1. The Balaban J connectivity index is 1.78. The minimum Gasteiger partial charge on any atom is -0.494 e. The van der Waals surface area contributed by atoms with E-state index in [0.29, 0.717) is 0 Å². The summed E-state index contributed by atoms with van der Waals surface area (Å²) in [6, 6.07) is 16.3. The van der Waals surface area contributed by atoms with E-state index < -0.39 is 0 Å². The maximum Gasteiger partial charge on any atom is 0.119 e. The number of hydrogen-bond acceptors (Lipinski definition) is 1. The van der Waals surface area contributed by atoms with E-state index in [4.69, 9.17) is 4.74 Å². The molecule has 0 heterocycles. The van der Waals surface area contributed by atoms with E-state index in [0.717, 1.165) is 36.3 Å². The van der Waals surface area contributed by atoms with Crippen molar-refractivity contribution in [3.63, 3.8) is 0 Å². The van der Waals surface area contributed by atoms with Gasteiger partial charge in [0.2, 0.25) is 0 Å². The second-order valence-electron chi connectivity index (χ2n) is 6.36. The summed E-state index contributed by atoms with van der Waals surface area (Å²) in [5.74, 6) is 13.2. The molecule has 0 fully saturated rings. The second-order valence-corrected chi connectivity index (χ2v) is 6.36. The van der Waals surface area contributed by atoms with Crippen molar-refractivity contribution in [3.8, 4) is 29.4 Å². The van der Waals surface area contributed by atoms with E-state index >= 15 is 0 Å². The van der Waals surface area contributed by atoms with E-state index in [1.165, 1.54) is 24.8 Å². The monoisotopic (exact) mass is 356 g/mol. The van der Waals surface area contributed by atoms with Gasteiger partial charge in [0.05, 0.1) is 6.61 Å². The molecule has 2 rings (SSSR count). The average Bonchev–Trinajstić information content (AvgIpc) is 2.72. The number of benzene rings is 2. The Bertz CT molecular complexity index is 818. The quantitative estimate of drug-likeness (QED) is 0.426. The molecule has 0 atom stereocenters. The predicted molar refractivity (Wildman–Crippen MR) is 115 cm³/mol. The fraction of sp³-hybridized carbons (Fsp3) is 0.308. The molecule has 138 valence electrons. The summed E-state index contributed by atoms with van der Waals surface area (Å²) in [4.78, 5) is 0. The highest BCUT2D eigenvalue weighted by atomic mass is 16.5. The number of unbranched alkanes of at least 4 members (excludes halogenated alkanes) is 3. The predicted octanol–water partition coefficient (Wildman–Crippen LogP) is 6.17. The standard InChI is InChI=1S/C26H28O/c1-3-5-6-11-22-27-26-20-18-25(19-21-26)13-10-8-7-9-12-24-16-14-23(4-2)15-17-24/h7-8,14-21H,3-6,11,22H2,1-2H3. The molecule has 1 heteroatoms. The molecule has 0 spiro atoms. The summed E-state index contributed by atoms with van der Waals surface area (Å²) in [5, 5.41) is 0. The molecule has 27 heavy (non-hydrogen) atoms. The van der Waals surface area contributed by atoms with Crippen molar-refractivity contribution in [2.24, 2.45) is 0 Å². The maximum absolute atomic E-state index is 5.74. The number of allylic oxidation sites excluding steroid dienone is 2. The number of ether oxygens (including phenoxy) is 1. The molecule has 2 aromatic rings. The van der Waals surface area contributed by atoms with Gasteiger partial charge >= 0.3 is 0 Å². The van der Waals surface area contributed by atoms with Crippen LogP contribution >= 0.6 is 0 Å². The van der Waals surface area contributed by atoms with E-state index in [1.807, 2.05) is 24.3 Å². The lowest BCUT2D eigenvalue weighted by atomic mass is 10.1. The number of hydrogen-bond donors (Lipinski definition) is 0. The first-order valence-corrected chi connectivity index (χ1v) is 9.81. The largest absolute Gasteiger partial charge is 0.494 e. The maximum atomic E-state index is 5.74. The fourth-order valence-corrected chi connectivity index (χ4v) is 2.51. The molecule has 0 aliphatic rings. The van der Waals surface area contributed by atoms with Crippen LogP contribution in [0.2, 0.25) is 0 Å². The zero-order valence-corrected chi connectivity index (χ0v) is 16.4. The van der Waals surface area contributed by atoms with Gasteiger partial charge in [-0.3, -0.25) is 0 Å². The van der Waals surface area contributed by atoms with Crippen LogP contribution in [0.1, 0.15) is 56.2 Å². The van der Waals surface area contributed by atoms with Gasteiger partial charge in [0.15, 0.2) is 0 Å². The van der Waals surface area contributed by atoms with Gasteiger partial charge in [-0.1, -0.05) is 68.9 Å². The van der Waals surface area contributed by atoms with Crippen LogP contribution in [-0.2, 0) is 6.42 Å². The van der Waals surface area contributed by atoms with E-state index in [1.54, 1.807) is 12.2 Å². The Hall–Kier alpha value is -2.90. The Morgan fingerprint density at radius 3 is 1.89 bits per heavy atom. The molecule has 0 bridgehead atoms. The van der Waals surface area contributed by atoms with Crippen LogP contribution < -0.4 is 4.74 Å². The first-order chi connectivity index (χ1) is 13.3. The van der Waals surface area contributed by atoms with E-state index in [-0.39, 0.29) is 0 Å². The molecular formula is C26H28O. The Kier molecular flexibility index (Phi) is 9.41. The highest BCUT2D eigenvalue weighted by Crippen LogP contribution is 2.12. The van der Waals surface area contributed by atoms with Crippen molar-refractivity contribution in [2.45, 2.75) is 46.0 Å². The number of rotatable bonds is 7. The van der Waals surface area contributed by atoms with Crippen molar-refractivity contribution in [3.05, 3.63) is 77.4 Å². The molecule has 0 radical (unpaired) electrons. The van der Waals surface area contributed by atoms with E-state index in [9.17, 15) is 0 Å². The summed E-state index contributed by atoms with van der Waals surface area (Å²) < 4.78 is 5.74. The minimum absolute atomic E-state index is 0.785. The Labute approximate surface area is 164 Å². The van der Waals surface area contributed by atoms with Gasteiger partial charge < -0.3 is 4.74 Å². The third-order valence-electron chi connectivity index (χ3n) is 4.17. The molecule has 0 aromatic heterocycles. The van der Waals surface area contributed by atoms with Crippen LogP contribution in [0.15, 0.2) is 60.7 Å². The second kappa shape index (κ2) is 12.5. The first-order valence-electron chi connectivity index (χ1n) is 9.81. The van der Waals surface area contributed by atoms with Crippen molar-refractivity contribution in [1.29, 1.82) is 0 Å². The molecule has 2 aromatic carbocycles. The van der Waals surface area contributed by atoms with Crippen LogP contribution in [0.4, 0.5) is 0 Å². The van der Waals surface area contributed by atoms with Gasteiger partial charge in [-0.05, 0) is 67.0 Å². The normalized spacial score (nSPS) is 10.0. The van der Waals surface area contributed by atoms with Crippen LogP contribution in [0.5, 0.6) is 5.75 Å². The van der Waals surface area contributed by atoms with Crippen molar-refractivity contribution in [1.82, 2.24) is 0 Å². The zero-order valence-electron chi connectivity index (χ0n) is 16.4. The molecule has 0 unspecified atom stereocenters. The van der Waals surface area contributed by atoms with E-state index in [2.05, 4.69) is 61.8 Å². The lowest BCUT2D eigenvalue weighted by molar-refractivity contribution is 0.305. The van der Waals surface area contributed by atoms with Crippen LogP contribution in [0, 0.1) is 23.7 Å². The van der Waals surface area contributed by atoms with Gasteiger partial charge in [-0.15, -0.1) is 0 Å². The Morgan fingerprint density at radius 2 is 1.33 bits per heavy atom. The smallest absolute Gasteiger partial charge is 0.119 e. The highest BCUT2D eigenvalue weighted by molar-refractivity contribution is 5.42. The molecule has 0 N–H and O–H groups in total. The third-order valence-corrected chi connectivity index (χ3v) is 4.17. The van der Waals surface area contributed by atoms with Crippen molar-refractivity contribution < 1.29 is 4.74 Å². The van der Waals surface area contributed by atoms with Gasteiger partial charge in [-0.25, -0.2) is 0 Å². The first kappa shape index (κ1) is 20.4. The lowest BCUT2D eigenvalue weighted by Crippen LogP contribution is -1.96. The molecular weight excluding hydrogens is 328 g/mol. The Morgan fingerprint density at radius 1 is 0.741 bits per heavy atom. The van der Waals surface area contributed by atoms with Gasteiger partial charge in [0.1, 0.15) is 5.75 Å². The molecule has 1 nitrogen and oxygen atoms in total. The number of aryl methyl sites for hydroxylation is 1. The molecule has 0 aliphatic heterocycles. The van der Waals surface area contributed by atoms with Gasteiger partial charge in [0.25, 0.3) is 0 Å². The van der Waals surface area contributed by atoms with Crippen LogP contribution in [0.3, 0.4) is 0 Å². The van der Waals surface area contributed by atoms with Gasteiger partial charge in [0, 0.05) is 11.1 Å². The summed E-state index contributed by atoms with van der Waals surface area (Å²) in [7, 11) is 0. The van der Waals surface area contributed by atoms with Crippen molar-refractivity contribution in [2.75, 3.05) is 6.61 Å². The summed E-state index contributed by atoms with van der Waals surface area (Å²) >= 11 is 0. The molecule has 0 aliphatic carbocycles. The average molecular weight is 357 g/mol. The molecule has 0 saturated heterocycles. The highest BCUT2D eigenvalue weighted by Gasteiger charge is 1.94. The molecule has 0 saturated carbocycles. The van der Waals surface area contributed by atoms with Crippen LogP contribution in [0.25, 0.3) is 0 Å². The van der Waals surface area contributed by atoms with Crippen LogP contribution in [-0.4, -0.2) is 6.61 Å². The topological polar surface area (TPSA) is 9.23 Å². The lowest BCUT2D eigenvalue weighted by Gasteiger charge is -2.05. The third kappa shape index (κ3) is 8.35. The molecule has 0 amide bonds. The fourth-order valence-electron chi connectivity index (χ4n) is 2.51.